The fraction of sp³-hybridized carbons (Fsp3) is 0.133. The Morgan fingerprint density at radius 1 is 1.29 bits per heavy atom. The highest BCUT2D eigenvalue weighted by atomic mass is 79.9. The largest absolute Gasteiger partial charge is 0.291 e. The van der Waals surface area contributed by atoms with Gasteiger partial charge in [-0.1, -0.05) is 33.6 Å². The Morgan fingerprint density at radius 2 is 2.05 bits per heavy atom. The maximum atomic E-state index is 14.3. The fourth-order valence-electron chi connectivity index (χ4n) is 2.27. The number of fused-ring (bicyclic) bond motifs is 1. The molecule has 1 unspecified atom stereocenters. The molecular weight excluding hydrogens is 378 g/mol. The first kappa shape index (κ1) is 14.8. The number of halogens is 4. The monoisotopic (exact) mass is 386 g/mol. The zero-order valence-corrected chi connectivity index (χ0v) is 14.0. The van der Waals surface area contributed by atoms with Gasteiger partial charge in [-0.3, -0.25) is 4.57 Å². The van der Waals surface area contributed by atoms with Crippen LogP contribution in [0.3, 0.4) is 0 Å². The second-order valence-electron chi connectivity index (χ2n) is 4.62. The molecule has 21 heavy (non-hydrogen) atoms. The van der Waals surface area contributed by atoms with E-state index in [4.69, 9.17) is 23.2 Å². The van der Waals surface area contributed by atoms with E-state index in [2.05, 4.69) is 20.9 Å². The molecule has 0 saturated carbocycles. The lowest BCUT2D eigenvalue weighted by Gasteiger charge is -2.12. The van der Waals surface area contributed by atoms with Gasteiger partial charge in [0.25, 0.3) is 0 Å². The van der Waals surface area contributed by atoms with Crippen molar-refractivity contribution in [3.05, 3.63) is 57.5 Å². The molecule has 6 heteroatoms. The number of benzene rings is 2. The van der Waals surface area contributed by atoms with E-state index in [0.29, 0.717) is 27.6 Å². The first-order valence-electron chi connectivity index (χ1n) is 6.25. The second kappa shape index (κ2) is 5.59. The summed E-state index contributed by atoms with van der Waals surface area (Å²) in [5.41, 5.74) is 1.70. The average molecular weight is 388 g/mol. The van der Waals surface area contributed by atoms with E-state index in [9.17, 15) is 4.39 Å². The molecule has 1 heterocycles. The minimum atomic E-state index is -0.383. The third-order valence-electron chi connectivity index (χ3n) is 3.16. The van der Waals surface area contributed by atoms with Crippen LogP contribution in [0.25, 0.3) is 16.7 Å². The van der Waals surface area contributed by atoms with Crippen LogP contribution in [0.5, 0.6) is 0 Å². The summed E-state index contributed by atoms with van der Waals surface area (Å²) >= 11 is 15.9. The zero-order chi connectivity index (χ0) is 15.1. The van der Waals surface area contributed by atoms with Gasteiger partial charge < -0.3 is 0 Å². The van der Waals surface area contributed by atoms with Crippen LogP contribution in [0, 0.1) is 5.82 Å². The van der Waals surface area contributed by atoms with Gasteiger partial charge in [-0.15, -0.1) is 11.6 Å². The SMILES string of the molecule is CC(Cl)c1nc2cccc(Cl)c2n1-c1cc(Br)ccc1F. The minimum absolute atomic E-state index is 0.363. The lowest BCUT2D eigenvalue weighted by molar-refractivity contribution is 0.616. The van der Waals surface area contributed by atoms with Crippen LogP contribution in [0.1, 0.15) is 18.1 Å². The van der Waals surface area contributed by atoms with Gasteiger partial charge in [0, 0.05) is 4.47 Å². The predicted octanol–water partition coefficient (Wildman–Crippen LogP) is 5.88. The number of hydrogen-bond donors (Lipinski definition) is 0. The molecule has 1 atom stereocenters. The van der Waals surface area contributed by atoms with E-state index >= 15 is 0 Å². The second-order valence-corrected chi connectivity index (χ2v) is 6.60. The van der Waals surface area contributed by atoms with Crippen LogP contribution in [0.2, 0.25) is 5.02 Å². The average Bonchev–Trinajstić information content (AvgIpc) is 2.82. The predicted molar refractivity (Wildman–Crippen MR) is 88.0 cm³/mol. The maximum Gasteiger partial charge on any atom is 0.147 e. The summed E-state index contributed by atoms with van der Waals surface area (Å²) in [7, 11) is 0. The summed E-state index contributed by atoms with van der Waals surface area (Å²) in [6, 6.07) is 10.1. The fourth-order valence-corrected chi connectivity index (χ4v) is 3.02. The number of nitrogens with zero attached hydrogens (tertiary/aromatic N) is 2. The van der Waals surface area contributed by atoms with Gasteiger partial charge >= 0.3 is 0 Å². The van der Waals surface area contributed by atoms with E-state index in [1.165, 1.54) is 6.07 Å². The Hall–Kier alpha value is -1.10. The van der Waals surface area contributed by atoms with Crippen molar-refractivity contribution in [1.82, 2.24) is 9.55 Å². The number of alkyl halides is 1. The van der Waals surface area contributed by atoms with Gasteiger partial charge in [-0.2, -0.15) is 0 Å². The van der Waals surface area contributed by atoms with Crippen molar-refractivity contribution in [3.63, 3.8) is 0 Å². The van der Waals surface area contributed by atoms with Gasteiger partial charge in [0.1, 0.15) is 11.6 Å². The molecule has 3 aromatic rings. The Morgan fingerprint density at radius 3 is 2.76 bits per heavy atom. The van der Waals surface area contributed by atoms with E-state index in [1.54, 1.807) is 29.7 Å². The summed E-state index contributed by atoms with van der Waals surface area (Å²) in [5, 5.41) is 0.120. The van der Waals surface area contributed by atoms with Crippen molar-refractivity contribution in [1.29, 1.82) is 0 Å². The summed E-state index contributed by atoms with van der Waals surface area (Å²) in [6.07, 6.45) is 0. The highest BCUT2D eigenvalue weighted by molar-refractivity contribution is 9.10. The van der Waals surface area contributed by atoms with Gasteiger partial charge in [0.15, 0.2) is 0 Å². The zero-order valence-electron chi connectivity index (χ0n) is 10.9. The molecule has 0 spiro atoms. The van der Waals surface area contributed by atoms with E-state index < -0.39 is 0 Å². The van der Waals surface area contributed by atoms with Gasteiger partial charge in [0.2, 0.25) is 0 Å². The standard InChI is InChI=1S/C15H10BrCl2FN2/c1-8(17)15-20-12-4-2-3-10(18)14(12)21(15)13-7-9(16)5-6-11(13)19/h2-8H,1H3. The summed E-state index contributed by atoms with van der Waals surface area (Å²) < 4.78 is 16.7. The maximum absolute atomic E-state index is 14.3. The van der Waals surface area contributed by atoms with Crippen LogP contribution < -0.4 is 0 Å². The minimum Gasteiger partial charge on any atom is -0.291 e. The Labute approximate surface area is 139 Å². The molecule has 0 saturated heterocycles. The summed E-state index contributed by atoms with van der Waals surface area (Å²) in [5.74, 6) is 0.188. The molecular formula is C15H10BrCl2FN2. The number of imidazole rings is 1. The molecule has 0 fully saturated rings. The highest BCUT2D eigenvalue weighted by Crippen LogP contribution is 2.33. The smallest absolute Gasteiger partial charge is 0.147 e. The molecule has 0 N–H and O–H groups in total. The number of hydrogen-bond acceptors (Lipinski definition) is 1. The van der Waals surface area contributed by atoms with Crippen molar-refractivity contribution in [2.75, 3.05) is 0 Å². The molecule has 3 rings (SSSR count). The first-order chi connectivity index (χ1) is 9.99. The quantitative estimate of drug-likeness (QED) is 0.502. The third-order valence-corrected chi connectivity index (χ3v) is 4.15. The third kappa shape index (κ3) is 2.56. The van der Waals surface area contributed by atoms with Crippen LogP contribution >= 0.6 is 39.1 Å². The van der Waals surface area contributed by atoms with E-state index in [1.807, 2.05) is 12.1 Å². The molecule has 0 radical (unpaired) electrons. The molecule has 0 aliphatic heterocycles. The van der Waals surface area contributed by atoms with Crippen LogP contribution in [0.15, 0.2) is 40.9 Å². The molecule has 0 amide bonds. The highest BCUT2D eigenvalue weighted by Gasteiger charge is 2.20. The number of aromatic nitrogens is 2. The number of rotatable bonds is 2. The van der Waals surface area contributed by atoms with Crippen molar-refractivity contribution in [2.45, 2.75) is 12.3 Å². The molecule has 2 nitrogen and oxygen atoms in total. The van der Waals surface area contributed by atoms with Crippen molar-refractivity contribution < 1.29 is 4.39 Å². The van der Waals surface area contributed by atoms with E-state index in [0.717, 1.165) is 4.47 Å². The van der Waals surface area contributed by atoms with Crippen molar-refractivity contribution >= 4 is 50.2 Å². The molecule has 1 aromatic heterocycles. The first-order valence-corrected chi connectivity index (χ1v) is 7.86. The molecule has 2 aromatic carbocycles. The van der Waals surface area contributed by atoms with Crippen LogP contribution in [0.4, 0.5) is 4.39 Å². The Bertz CT molecular complexity index is 830. The summed E-state index contributed by atoms with van der Waals surface area (Å²) in [4.78, 5) is 4.48. The Balaban J connectivity index is 2.44. The lowest BCUT2D eigenvalue weighted by Crippen LogP contribution is -2.04. The Kier molecular flexibility index (Phi) is 3.95. The van der Waals surface area contributed by atoms with Crippen LogP contribution in [-0.4, -0.2) is 9.55 Å². The van der Waals surface area contributed by atoms with Crippen LogP contribution in [-0.2, 0) is 0 Å². The van der Waals surface area contributed by atoms with Gasteiger partial charge in [-0.25, -0.2) is 9.37 Å². The molecule has 0 bridgehead atoms. The van der Waals surface area contributed by atoms with Gasteiger partial charge in [-0.05, 0) is 37.3 Å². The topological polar surface area (TPSA) is 17.8 Å². The van der Waals surface area contributed by atoms with Crippen molar-refractivity contribution in [3.8, 4) is 5.69 Å². The molecule has 0 aliphatic carbocycles. The molecule has 0 aliphatic rings. The number of para-hydroxylation sites is 1. The lowest BCUT2D eigenvalue weighted by atomic mass is 10.2. The normalized spacial score (nSPS) is 12.8. The molecule has 108 valence electrons. The van der Waals surface area contributed by atoms with Crippen molar-refractivity contribution in [2.24, 2.45) is 0 Å². The van der Waals surface area contributed by atoms with E-state index in [-0.39, 0.29) is 11.2 Å². The van der Waals surface area contributed by atoms with Gasteiger partial charge in [0.05, 0.1) is 27.1 Å². The summed E-state index contributed by atoms with van der Waals surface area (Å²) in [6.45, 7) is 1.79.